The van der Waals surface area contributed by atoms with Crippen molar-refractivity contribution in [2.24, 2.45) is 11.7 Å². The summed E-state index contributed by atoms with van der Waals surface area (Å²) in [5.41, 5.74) is 5.82. The largest absolute Gasteiger partial charge is 0.376 e. The van der Waals surface area contributed by atoms with E-state index in [4.69, 9.17) is 10.5 Å². The number of rotatable bonds is 7. The predicted octanol–water partition coefficient (Wildman–Crippen LogP) is 1.44. The molecule has 1 rings (SSSR count). The van der Waals surface area contributed by atoms with Gasteiger partial charge in [0.05, 0.1) is 18.8 Å². The number of amides is 1. The molecule has 0 aliphatic heterocycles. The zero-order chi connectivity index (χ0) is 12.7. The maximum absolute atomic E-state index is 11.6. The van der Waals surface area contributed by atoms with Gasteiger partial charge in [-0.3, -0.25) is 4.79 Å². The third kappa shape index (κ3) is 5.04. The second kappa shape index (κ2) is 7.67. The molecule has 0 saturated heterocycles. The smallest absolute Gasteiger partial charge is 0.237 e. The molecule has 0 radical (unpaired) electrons. The molecular formula is C13H26N2O2. The van der Waals surface area contributed by atoms with Crippen LogP contribution in [0.15, 0.2) is 0 Å². The van der Waals surface area contributed by atoms with Crippen LogP contribution in [-0.2, 0) is 9.53 Å². The van der Waals surface area contributed by atoms with Crippen LogP contribution in [0.1, 0.15) is 46.0 Å². The summed E-state index contributed by atoms with van der Waals surface area (Å²) >= 11 is 0. The summed E-state index contributed by atoms with van der Waals surface area (Å²) in [5.74, 6) is 0.167. The van der Waals surface area contributed by atoms with E-state index in [1.165, 1.54) is 25.7 Å². The first-order valence-corrected chi connectivity index (χ1v) is 6.80. The maximum atomic E-state index is 11.6. The molecule has 0 bridgehead atoms. The van der Waals surface area contributed by atoms with Crippen LogP contribution in [0.4, 0.5) is 0 Å². The predicted molar refractivity (Wildman–Crippen MR) is 68.6 cm³/mol. The van der Waals surface area contributed by atoms with Crippen molar-refractivity contribution >= 4 is 5.91 Å². The van der Waals surface area contributed by atoms with E-state index in [0.29, 0.717) is 19.3 Å². The molecule has 0 aromatic carbocycles. The lowest BCUT2D eigenvalue weighted by atomic mass is 9.99. The number of carbonyl (C=O) groups is 1. The molecular weight excluding hydrogens is 216 g/mol. The Labute approximate surface area is 104 Å². The molecule has 0 aromatic heterocycles. The minimum absolute atomic E-state index is 0.0608. The SMILES string of the molecule is CCC(C)C(N)C(=O)NCCOC1CCCC1. The second-order valence-electron chi connectivity index (χ2n) is 4.98. The zero-order valence-corrected chi connectivity index (χ0v) is 11.1. The lowest BCUT2D eigenvalue weighted by Crippen LogP contribution is -2.45. The van der Waals surface area contributed by atoms with Crippen LogP contribution in [0.2, 0.25) is 0 Å². The van der Waals surface area contributed by atoms with Gasteiger partial charge in [-0.05, 0) is 18.8 Å². The molecule has 3 N–H and O–H groups in total. The summed E-state index contributed by atoms with van der Waals surface area (Å²) in [4.78, 5) is 11.6. The first-order valence-electron chi connectivity index (χ1n) is 6.80. The number of ether oxygens (including phenoxy) is 1. The highest BCUT2D eigenvalue weighted by molar-refractivity contribution is 5.81. The zero-order valence-electron chi connectivity index (χ0n) is 11.1. The Morgan fingerprint density at radius 3 is 2.71 bits per heavy atom. The van der Waals surface area contributed by atoms with Crippen LogP contribution in [0.3, 0.4) is 0 Å². The highest BCUT2D eigenvalue weighted by Crippen LogP contribution is 2.20. The number of hydrogen-bond acceptors (Lipinski definition) is 3. The number of nitrogens with one attached hydrogen (secondary N) is 1. The molecule has 0 aromatic rings. The first-order chi connectivity index (χ1) is 8.15. The number of hydrogen-bond donors (Lipinski definition) is 2. The third-order valence-electron chi connectivity index (χ3n) is 3.62. The quantitative estimate of drug-likeness (QED) is 0.664. The molecule has 2 atom stereocenters. The summed E-state index contributed by atoms with van der Waals surface area (Å²) in [7, 11) is 0. The summed E-state index contributed by atoms with van der Waals surface area (Å²) in [5, 5.41) is 2.83. The van der Waals surface area contributed by atoms with Gasteiger partial charge in [-0.2, -0.15) is 0 Å². The summed E-state index contributed by atoms with van der Waals surface area (Å²) in [6.45, 7) is 5.21. The molecule has 1 saturated carbocycles. The van der Waals surface area contributed by atoms with Crippen molar-refractivity contribution in [2.75, 3.05) is 13.2 Å². The van der Waals surface area contributed by atoms with Gasteiger partial charge in [0.1, 0.15) is 0 Å². The topological polar surface area (TPSA) is 64.4 Å². The van der Waals surface area contributed by atoms with Crippen LogP contribution in [0, 0.1) is 5.92 Å². The fraction of sp³-hybridized carbons (Fsp3) is 0.923. The van der Waals surface area contributed by atoms with E-state index >= 15 is 0 Å². The summed E-state index contributed by atoms with van der Waals surface area (Å²) in [6, 6.07) is -0.397. The third-order valence-corrected chi connectivity index (χ3v) is 3.62. The average Bonchev–Trinajstić information content (AvgIpc) is 2.85. The summed E-state index contributed by atoms with van der Waals surface area (Å²) < 4.78 is 5.66. The Morgan fingerprint density at radius 2 is 2.12 bits per heavy atom. The van der Waals surface area contributed by atoms with E-state index in [1.807, 2.05) is 13.8 Å². The highest BCUT2D eigenvalue weighted by atomic mass is 16.5. The monoisotopic (exact) mass is 242 g/mol. The lowest BCUT2D eigenvalue weighted by molar-refractivity contribution is -0.123. The van der Waals surface area contributed by atoms with Crippen molar-refractivity contribution in [2.45, 2.75) is 58.1 Å². The fourth-order valence-electron chi connectivity index (χ4n) is 2.09. The standard InChI is InChI=1S/C13H26N2O2/c1-3-10(2)12(14)13(16)15-8-9-17-11-6-4-5-7-11/h10-12H,3-9,14H2,1-2H3,(H,15,16). The minimum atomic E-state index is -0.397. The van der Waals surface area contributed by atoms with Gasteiger partial charge in [0.2, 0.25) is 5.91 Å². The van der Waals surface area contributed by atoms with Gasteiger partial charge in [-0.25, -0.2) is 0 Å². The van der Waals surface area contributed by atoms with E-state index in [0.717, 1.165) is 6.42 Å². The van der Waals surface area contributed by atoms with Gasteiger partial charge in [-0.1, -0.05) is 33.1 Å². The lowest BCUT2D eigenvalue weighted by Gasteiger charge is -2.18. The fourth-order valence-corrected chi connectivity index (χ4v) is 2.09. The number of carbonyl (C=O) groups excluding carboxylic acids is 1. The molecule has 0 spiro atoms. The molecule has 1 aliphatic carbocycles. The molecule has 0 heterocycles. The summed E-state index contributed by atoms with van der Waals surface area (Å²) in [6.07, 6.45) is 6.22. The average molecular weight is 242 g/mol. The minimum Gasteiger partial charge on any atom is -0.376 e. The number of nitrogens with two attached hydrogens (primary N) is 1. The van der Waals surface area contributed by atoms with Crippen molar-refractivity contribution < 1.29 is 9.53 Å². The molecule has 100 valence electrons. The Morgan fingerprint density at radius 1 is 1.47 bits per heavy atom. The molecule has 1 fully saturated rings. The van der Waals surface area contributed by atoms with Gasteiger partial charge in [0.15, 0.2) is 0 Å². The van der Waals surface area contributed by atoms with Crippen LogP contribution in [0.5, 0.6) is 0 Å². The Balaban J connectivity index is 2.06. The van der Waals surface area contributed by atoms with Gasteiger partial charge >= 0.3 is 0 Å². The van der Waals surface area contributed by atoms with E-state index in [1.54, 1.807) is 0 Å². The van der Waals surface area contributed by atoms with Crippen molar-refractivity contribution in [1.82, 2.24) is 5.32 Å². The van der Waals surface area contributed by atoms with Crippen molar-refractivity contribution in [1.29, 1.82) is 0 Å². The van der Waals surface area contributed by atoms with Crippen LogP contribution >= 0.6 is 0 Å². The molecule has 1 amide bonds. The Bertz CT molecular complexity index is 227. The first kappa shape index (κ1) is 14.5. The van der Waals surface area contributed by atoms with Gasteiger partial charge < -0.3 is 15.8 Å². The Hall–Kier alpha value is -0.610. The van der Waals surface area contributed by atoms with Crippen LogP contribution in [-0.4, -0.2) is 31.2 Å². The molecule has 2 unspecified atom stereocenters. The second-order valence-corrected chi connectivity index (χ2v) is 4.98. The van der Waals surface area contributed by atoms with Crippen LogP contribution < -0.4 is 11.1 Å². The van der Waals surface area contributed by atoms with E-state index in [9.17, 15) is 4.79 Å². The molecule has 4 heteroatoms. The van der Waals surface area contributed by atoms with Crippen LogP contribution in [0.25, 0.3) is 0 Å². The van der Waals surface area contributed by atoms with E-state index in [2.05, 4.69) is 5.32 Å². The van der Waals surface area contributed by atoms with Crippen molar-refractivity contribution in [3.8, 4) is 0 Å². The maximum Gasteiger partial charge on any atom is 0.237 e. The van der Waals surface area contributed by atoms with Crippen molar-refractivity contribution in [3.63, 3.8) is 0 Å². The van der Waals surface area contributed by atoms with Crippen molar-refractivity contribution in [3.05, 3.63) is 0 Å². The highest BCUT2D eigenvalue weighted by Gasteiger charge is 2.19. The van der Waals surface area contributed by atoms with Gasteiger partial charge in [0, 0.05) is 6.54 Å². The van der Waals surface area contributed by atoms with E-state index in [-0.39, 0.29) is 11.8 Å². The van der Waals surface area contributed by atoms with Gasteiger partial charge in [-0.15, -0.1) is 0 Å². The molecule has 17 heavy (non-hydrogen) atoms. The normalized spacial score (nSPS) is 20.2. The molecule has 1 aliphatic rings. The molecule has 4 nitrogen and oxygen atoms in total. The Kier molecular flexibility index (Phi) is 6.52. The van der Waals surface area contributed by atoms with E-state index < -0.39 is 6.04 Å². The van der Waals surface area contributed by atoms with Gasteiger partial charge in [0.25, 0.3) is 0 Å².